The number of ketones is 1. The highest BCUT2D eigenvalue weighted by molar-refractivity contribution is 6.05. The Bertz CT molecular complexity index is 826. The Kier molecular flexibility index (Phi) is 3.53. The van der Waals surface area contributed by atoms with Crippen molar-refractivity contribution in [3.05, 3.63) is 41.1 Å². The number of nitrogens with one attached hydrogen (secondary N) is 1. The van der Waals surface area contributed by atoms with Crippen molar-refractivity contribution in [2.45, 2.75) is 13.0 Å². The third-order valence-corrected chi connectivity index (χ3v) is 3.47. The fourth-order valence-electron chi connectivity index (χ4n) is 2.52. The third kappa shape index (κ3) is 2.41. The summed E-state index contributed by atoms with van der Waals surface area (Å²) in [6, 6.07) is 5.58. The highest BCUT2D eigenvalue weighted by Crippen LogP contribution is 2.35. The minimum absolute atomic E-state index is 0.0179. The van der Waals surface area contributed by atoms with E-state index in [0.717, 1.165) is 0 Å². The van der Waals surface area contributed by atoms with E-state index in [-0.39, 0.29) is 28.8 Å². The molecule has 118 valence electrons. The van der Waals surface area contributed by atoms with Crippen LogP contribution in [0.4, 0.5) is 5.95 Å². The molecule has 0 spiro atoms. The number of carbonyl (C=O) groups is 2. The number of methoxy groups -OCH3 is 1. The molecule has 2 aromatic rings. The molecule has 0 unspecified atom stereocenters. The number of rotatable bonds is 3. The molecule has 0 amide bonds. The summed E-state index contributed by atoms with van der Waals surface area (Å²) in [6.45, 7) is 1.34. The molecular weight excluding hydrogens is 302 g/mol. The van der Waals surface area contributed by atoms with Gasteiger partial charge in [0.15, 0.2) is 5.78 Å². The minimum atomic E-state index is -0.750. The number of carbonyl (C=O) groups excluding carboxylic acids is 2. The van der Waals surface area contributed by atoms with Gasteiger partial charge < -0.3 is 15.2 Å². The number of hydrogen-bond donors (Lipinski definition) is 2. The second-order valence-corrected chi connectivity index (χ2v) is 4.91. The van der Waals surface area contributed by atoms with E-state index in [0.29, 0.717) is 5.56 Å². The van der Waals surface area contributed by atoms with Crippen LogP contribution >= 0.6 is 0 Å². The van der Waals surface area contributed by atoms with Crippen molar-refractivity contribution in [3.63, 3.8) is 0 Å². The molecule has 2 heterocycles. The first-order valence-electron chi connectivity index (χ1n) is 6.70. The molecule has 0 saturated carbocycles. The number of phenolic OH excluding ortho intramolecular Hbond substituents is 1. The zero-order valence-corrected chi connectivity index (χ0v) is 12.3. The van der Waals surface area contributed by atoms with Crippen molar-refractivity contribution in [2.24, 2.45) is 0 Å². The highest BCUT2D eigenvalue weighted by Gasteiger charge is 2.36. The summed E-state index contributed by atoms with van der Waals surface area (Å²) in [5, 5.41) is 23.7. The maximum atomic E-state index is 12.2. The van der Waals surface area contributed by atoms with Gasteiger partial charge in [-0.3, -0.25) is 4.79 Å². The first-order chi connectivity index (χ1) is 11.0. The van der Waals surface area contributed by atoms with Crippen LogP contribution in [0.1, 0.15) is 18.5 Å². The van der Waals surface area contributed by atoms with Crippen LogP contribution in [0.5, 0.6) is 5.75 Å². The highest BCUT2D eigenvalue weighted by atomic mass is 16.5. The molecule has 1 aromatic heterocycles. The molecule has 1 aliphatic heterocycles. The summed E-state index contributed by atoms with van der Waals surface area (Å²) >= 11 is 0. The van der Waals surface area contributed by atoms with Crippen LogP contribution in [-0.2, 0) is 14.3 Å². The Morgan fingerprint density at radius 3 is 2.83 bits per heavy atom. The van der Waals surface area contributed by atoms with Crippen molar-refractivity contribution >= 4 is 17.7 Å². The van der Waals surface area contributed by atoms with Crippen LogP contribution in [0.2, 0.25) is 0 Å². The van der Waals surface area contributed by atoms with Gasteiger partial charge in [-0.15, -0.1) is 0 Å². The number of benzene rings is 1. The van der Waals surface area contributed by atoms with Crippen LogP contribution < -0.4 is 5.32 Å². The van der Waals surface area contributed by atoms with E-state index in [1.807, 2.05) is 0 Å². The van der Waals surface area contributed by atoms with Crippen molar-refractivity contribution in [1.29, 1.82) is 0 Å². The summed E-state index contributed by atoms with van der Waals surface area (Å²) in [5.41, 5.74) is 0.699. The van der Waals surface area contributed by atoms with Gasteiger partial charge in [-0.05, 0) is 35.0 Å². The van der Waals surface area contributed by atoms with Crippen molar-refractivity contribution in [1.82, 2.24) is 20.2 Å². The van der Waals surface area contributed by atoms with Gasteiger partial charge in [0.25, 0.3) is 0 Å². The fourth-order valence-corrected chi connectivity index (χ4v) is 2.52. The van der Waals surface area contributed by atoms with E-state index in [1.54, 1.807) is 12.1 Å². The standard InChI is InChI=1S/C14H13N5O4/c1-7(20)10-11(13(22)23-2)15-14-16-17-18-19(14)12(10)8-4-3-5-9(21)6-8/h3-6,12,21H,1-2H3,(H,15,16,18)/t12-/m1/s1. The number of anilines is 1. The lowest BCUT2D eigenvalue weighted by molar-refractivity contribution is -0.136. The number of nitrogens with zero attached hydrogens (tertiary/aromatic N) is 4. The molecule has 1 atom stereocenters. The third-order valence-electron chi connectivity index (χ3n) is 3.47. The lowest BCUT2D eigenvalue weighted by Gasteiger charge is -2.27. The quantitative estimate of drug-likeness (QED) is 0.782. The predicted octanol–water partition coefficient (Wildman–Crippen LogP) is 0.410. The van der Waals surface area contributed by atoms with E-state index >= 15 is 0 Å². The molecule has 0 aliphatic carbocycles. The van der Waals surface area contributed by atoms with E-state index in [9.17, 15) is 14.7 Å². The van der Waals surface area contributed by atoms with E-state index < -0.39 is 12.0 Å². The van der Waals surface area contributed by atoms with Gasteiger partial charge in [0.1, 0.15) is 17.5 Å². The Labute approximate surface area is 130 Å². The van der Waals surface area contributed by atoms with Gasteiger partial charge in [0.2, 0.25) is 5.95 Å². The molecule has 0 saturated heterocycles. The Hall–Kier alpha value is -3.23. The molecular formula is C14H13N5O4. The van der Waals surface area contributed by atoms with Gasteiger partial charge >= 0.3 is 5.97 Å². The molecule has 0 bridgehead atoms. The molecule has 1 aromatic carbocycles. The number of ether oxygens (including phenoxy) is 1. The fraction of sp³-hybridized carbons (Fsp3) is 0.214. The monoisotopic (exact) mass is 315 g/mol. The maximum Gasteiger partial charge on any atom is 0.355 e. The Morgan fingerprint density at radius 2 is 2.17 bits per heavy atom. The molecule has 0 radical (unpaired) electrons. The summed E-state index contributed by atoms with van der Waals surface area (Å²) < 4.78 is 6.10. The van der Waals surface area contributed by atoms with Crippen LogP contribution in [0.25, 0.3) is 0 Å². The smallest absolute Gasteiger partial charge is 0.355 e. The predicted molar refractivity (Wildman–Crippen MR) is 77.4 cm³/mol. The number of hydrogen-bond acceptors (Lipinski definition) is 8. The molecule has 0 fully saturated rings. The average Bonchev–Trinajstić information content (AvgIpc) is 3.00. The van der Waals surface area contributed by atoms with Crippen molar-refractivity contribution < 1.29 is 19.4 Å². The summed E-state index contributed by atoms with van der Waals surface area (Å²) in [5.74, 6) is -0.816. The number of tetrazole rings is 1. The van der Waals surface area contributed by atoms with E-state index in [1.165, 1.54) is 30.8 Å². The lowest BCUT2D eigenvalue weighted by atomic mass is 9.92. The number of aromatic hydroxyl groups is 1. The molecule has 2 N–H and O–H groups in total. The van der Waals surface area contributed by atoms with Gasteiger partial charge in [-0.25, -0.2) is 4.79 Å². The van der Waals surface area contributed by atoms with Crippen LogP contribution in [0, 0.1) is 0 Å². The average molecular weight is 315 g/mol. The van der Waals surface area contributed by atoms with E-state index in [2.05, 4.69) is 20.8 Å². The van der Waals surface area contributed by atoms with Crippen LogP contribution in [-0.4, -0.2) is 44.2 Å². The second-order valence-electron chi connectivity index (χ2n) is 4.91. The zero-order valence-electron chi connectivity index (χ0n) is 12.3. The molecule has 3 rings (SSSR count). The molecule has 9 nitrogen and oxygen atoms in total. The molecule has 23 heavy (non-hydrogen) atoms. The normalized spacial score (nSPS) is 16.5. The Morgan fingerprint density at radius 1 is 1.39 bits per heavy atom. The summed E-state index contributed by atoms with van der Waals surface area (Å²) in [7, 11) is 1.22. The number of allylic oxidation sites excluding steroid dienone is 1. The number of aromatic nitrogens is 4. The number of esters is 1. The zero-order chi connectivity index (χ0) is 16.6. The number of phenols is 1. The Balaban J connectivity index is 2.26. The maximum absolute atomic E-state index is 12.2. The van der Waals surface area contributed by atoms with Gasteiger partial charge in [0.05, 0.1) is 12.7 Å². The van der Waals surface area contributed by atoms with Crippen LogP contribution in [0.3, 0.4) is 0 Å². The topological polar surface area (TPSA) is 119 Å². The SMILES string of the molecule is COC(=O)C1=C(C(C)=O)[C@@H](c2cccc(O)c2)n2nnnc2N1. The van der Waals surface area contributed by atoms with Gasteiger partial charge in [-0.1, -0.05) is 17.2 Å². The molecule has 9 heteroatoms. The second kappa shape index (κ2) is 5.52. The summed E-state index contributed by atoms with van der Waals surface area (Å²) in [4.78, 5) is 24.2. The van der Waals surface area contributed by atoms with Gasteiger partial charge in [0, 0.05) is 0 Å². The number of fused-ring (bicyclic) bond motifs is 1. The first-order valence-corrected chi connectivity index (χ1v) is 6.70. The largest absolute Gasteiger partial charge is 0.508 e. The van der Waals surface area contributed by atoms with Crippen LogP contribution in [0.15, 0.2) is 35.5 Å². The van der Waals surface area contributed by atoms with Crippen molar-refractivity contribution in [2.75, 3.05) is 12.4 Å². The first kappa shape index (κ1) is 14.7. The van der Waals surface area contributed by atoms with E-state index in [4.69, 9.17) is 4.74 Å². The number of Topliss-reactive ketones (excluding diaryl/α,β-unsaturated/α-hetero) is 1. The van der Waals surface area contributed by atoms with Crippen molar-refractivity contribution in [3.8, 4) is 5.75 Å². The lowest BCUT2D eigenvalue weighted by Crippen LogP contribution is -2.32. The summed E-state index contributed by atoms with van der Waals surface area (Å²) in [6.07, 6.45) is 0. The molecule has 1 aliphatic rings. The van der Waals surface area contributed by atoms with Gasteiger partial charge in [-0.2, -0.15) is 4.68 Å². The minimum Gasteiger partial charge on any atom is -0.508 e.